The van der Waals surface area contributed by atoms with E-state index in [1.165, 1.54) is 24.8 Å². The zero-order valence-electron chi connectivity index (χ0n) is 14.3. The number of nitrogens with one attached hydrogen (secondary N) is 1. The number of halogens is 1. The number of benzene rings is 1. The zero-order valence-corrected chi connectivity index (χ0v) is 15.1. The Morgan fingerprint density at radius 1 is 1.04 bits per heavy atom. The maximum absolute atomic E-state index is 12.3. The molecule has 0 spiro atoms. The molecule has 1 N–H and O–H groups in total. The number of hydrogen-bond acceptors (Lipinski definition) is 3. The second-order valence-corrected chi connectivity index (χ2v) is 7.54. The number of amides is 1. The molecule has 0 aliphatic carbocycles. The van der Waals surface area contributed by atoms with Crippen LogP contribution in [-0.4, -0.2) is 54.5 Å². The molecule has 132 valence electrons. The van der Waals surface area contributed by atoms with E-state index in [-0.39, 0.29) is 11.9 Å². The van der Waals surface area contributed by atoms with Crippen LogP contribution in [0, 0.1) is 0 Å². The molecular weight excluding hydrogens is 322 g/mol. The SMILES string of the molecule is O=C(CN1CCCCC1)NC1CCCN(Cc2ccc(Cl)cc2)C1. The molecule has 2 aliphatic heterocycles. The molecule has 1 aromatic carbocycles. The van der Waals surface area contributed by atoms with Gasteiger partial charge in [-0.2, -0.15) is 0 Å². The van der Waals surface area contributed by atoms with Crippen LogP contribution in [0.4, 0.5) is 0 Å². The lowest BCUT2D eigenvalue weighted by Gasteiger charge is -2.34. The van der Waals surface area contributed by atoms with Gasteiger partial charge in [-0.3, -0.25) is 14.6 Å². The lowest BCUT2D eigenvalue weighted by atomic mass is 10.0. The first-order valence-corrected chi connectivity index (χ1v) is 9.55. The Bertz CT molecular complexity index is 528. The standard InChI is InChI=1S/C19H28ClN3O/c20-17-8-6-16(7-9-17)13-23-12-4-5-18(14-23)21-19(24)15-22-10-2-1-3-11-22/h6-9,18H,1-5,10-15H2,(H,21,24). The van der Waals surface area contributed by atoms with Crippen molar-refractivity contribution >= 4 is 17.5 Å². The number of hydrogen-bond donors (Lipinski definition) is 1. The van der Waals surface area contributed by atoms with E-state index in [2.05, 4.69) is 27.2 Å². The lowest BCUT2D eigenvalue weighted by Crippen LogP contribution is -2.50. The maximum atomic E-state index is 12.3. The summed E-state index contributed by atoms with van der Waals surface area (Å²) in [5.41, 5.74) is 1.28. The third-order valence-corrected chi connectivity index (χ3v) is 5.26. The Balaban J connectivity index is 1.44. The molecule has 3 rings (SSSR count). The van der Waals surface area contributed by atoms with Crippen molar-refractivity contribution in [1.29, 1.82) is 0 Å². The molecule has 2 saturated heterocycles. The number of likely N-dealkylation sites (tertiary alicyclic amines) is 2. The monoisotopic (exact) mass is 349 g/mol. The second kappa shape index (κ2) is 8.84. The van der Waals surface area contributed by atoms with Crippen LogP contribution >= 0.6 is 11.6 Å². The van der Waals surface area contributed by atoms with Crippen molar-refractivity contribution in [2.45, 2.75) is 44.7 Å². The molecule has 5 heteroatoms. The summed E-state index contributed by atoms with van der Waals surface area (Å²) in [6, 6.07) is 8.34. The highest BCUT2D eigenvalue weighted by Crippen LogP contribution is 2.16. The third-order valence-electron chi connectivity index (χ3n) is 5.01. The van der Waals surface area contributed by atoms with E-state index < -0.39 is 0 Å². The van der Waals surface area contributed by atoms with Crippen molar-refractivity contribution in [2.75, 3.05) is 32.7 Å². The van der Waals surface area contributed by atoms with Gasteiger partial charge >= 0.3 is 0 Å². The predicted molar refractivity (Wildman–Crippen MR) is 98.2 cm³/mol. The molecule has 2 fully saturated rings. The number of rotatable bonds is 5. The highest BCUT2D eigenvalue weighted by atomic mass is 35.5. The highest BCUT2D eigenvalue weighted by molar-refractivity contribution is 6.30. The fourth-order valence-electron chi connectivity index (χ4n) is 3.76. The van der Waals surface area contributed by atoms with Crippen LogP contribution in [0.25, 0.3) is 0 Å². The summed E-state index contributed by atoms with van der Waals surface area (Å²) in [5, 5.41) is 4.03. The number of nitrogens with zero attached hydrogens (tertiary/aromatic N) is 2. The molecular formula is C19H28ClN3O. The molecule has 0 radical (unpaired) electrons. The quantitative estimate of drug-likeness (QED) is 0.887. The number of piperidine rings is 2. The average Bonchev–Trinajstić information content (AvgIpc) is 2.58. The topological polar surface area (TPSA) is 35.6 Å². The Kier molecular flexibility index (Phi) is 6.52. The molecule has 4 nitrogen and oxygen atoms in total. The van der Waals surface area contributed by atoms with Gasteiger partial charge in [0, 0.05) is 24.2 Å². The van der Waals surface area contributed by atoms with E-state index in [1.54, 1.807) is 0 Å². The Morgan fingerprint density at radius 2 is 1.75 bits per heavy atom. The van der Waals surface area contributed by atoms with E-state index in [0.717, 1.165) is 50.6 Å². The summed E-state index contributed by atoms with van der Waals surface area (Å²) in [6.45, 7) is 5.67. The fourth-order valence-corrected chi connectivity index (χ4v) is 3.88. The summed E-state index contributed by atoms with van der Waals surface area (Å²) in [6.07, 6.45) is 5.99. The van der Waals surface area contributed by atoms with E-state index in [1.807, 2.05) is 12.1 Å². The summed E-state index contributed by atoms with van der Waals surface area (Å²) >= 11 is 5.95. The molecule has 0 aromatic heterocycles. The average molecular weight is 350 g/mol. The van der Waals surface area contributed by atoms with Crippen molar-refractivity contribution in [3.05, 3.63) is 34.9 Å². The fraction of sp³-hybridized carbons (Fsp3) is 0.632. The van der Waals surface area contributed by atoms with Gasteiger partial charge in [-0.15, -0.1) is 0 Å². The zero-order chi connectivity index (χ0) is 16.8. The molecule has 2 heterocycles. The predicted octanol–water partition coefficient (Wildman–Crippen LogP) is 2.91. The van der Waals surface area contributed by atoms with Crippen molar-refractivity contribution in [2.24, 2.45) is 0 Å². The summed E-state index contributed by atoms with van der Waals surface area (Å²) in [4.78, 5) is 17.0. The van der Waals surface area contributed by atoms with Crippen LogP contribution in [0.2, 0.25) is 5.02 Å². The third kappa shape index (κ3) is 5.47. The van der Waals surface area contributed by atoms with Crippen LogP contribution < -0.4 is 5.32 Å². The lowest BCUT2D eigenvalue weighted by molar-refractivity contribution is -0.123. The maximum Gasteiger partial charge on any atom is 0.234 e. The van der Waals surface area contributed by atoms with Crippen molar-refractivity contribution < 1.29 is 4.79 Å². The molecule has 0 bridgehead atoms. The first-order valence-electron chi connectivity index (χ1n) is 9.17. The van der Waals surface area contributed by atoms with E-state index in [9.17, 15) is 4.79 Å². The van der Waals surface area contributed by atoms with Crippen LogP contribution in [0.5, 0.6) is 0 Å². The van der Waals surface area contributed by atoms with Gasteiger partial charge in [0.15, 0.2) is 0 Å². The number of carbonyl (C=O) groups is 1. The molecule has 2 aliphatic rings. The first kappa shape index (κ1) is 17.7. The smallest absolute Gasteiger partial charge is 0.234 e. The van der Waals surface area contributed by atoms with Crippen LogP contribution in [0.3, 0.4) is 0 Å². The van der Waals surface area contributed by atoms with Crippen LogP contribution in [-0.2, 0) is 11.3 Å². The van der Waals surface area contributed by atoms with Crippen molar-refractivity contribution in [3.8, 4) is 0 Å². The molecule has 24 heavy (non-hydrogen) atoms. The molecule has 0 saturated carbocycles. The van der Waals surface area contributed by atoms with E-state index in [4.69, 9.17) is 11.6 Å². The Morgan fingerprint density at radius 3 is 2.50 bits per heavy atom. The van der Waals surface area contributed by atoms with Gasteiger partial charge in [-0.25, -0.2) is 0 Å². The molecule has 1 aromatic rings. The Hall–Kier alpha value is -1.10. The van der Waals surface area contributed by atoms with Gasteiger partial charge in [0.2, 0.25) is 5.91 Å². The summed E-state index contributed by atoms with van der Waals surface area (Å²) in [5.74, 6) is 0.190. The van der Waals surface area contributed by atoms with E-state index in [0.29, 0.717) is 6.54 Å². The largest absolute Gasteiger partial charge is 0.351 e. The van der Waals surface area contributed by atoms with E-state index >= 15 is 0 Å². The van der Waals surface area contributed by atoms with Gasteiger partial charge in [0.1, 0.15) is 0 Å². The summed E-state index contributed by atoms with van der Waals surface area (Å²) in [7, 11) is 0. The van der Waals surface area contributed by atoms with Crippen LogP contribution in [0.15, 0.2) is 24.3 Å². The highest BCUT2D eigenvalue weighted by Gasteiger charge is 2.22. The van der Waals surface area contributed by atoms with Gasteiger partial charge in [-0.1, -0.05) is 30.2 Å². The molecule has 1 amide bonds. The minimum Gasteiger partial charge on any atom is -0.351 e. The van der Waals surface area contributed by atoms with Gasteiger partial charge < -0.3 is 5.32 Å². The number of carbonyl (C=O) groups excluding carboxylic acids is 1. The minimum absolute atomic E-state index is 0.190. The normalized spacial score (nSPS) is 23.1. The van der Waals surface area contributed by atoms with Crippen molar-refractivity contribution in [1.82, 2.24) is 15.1 Å². The second-order valence-electron chi connectivity index (χ2n) is 7.11. The van der Waals surface area contributed by atoms with Gasteiger partial charge in [-0.05, 0) is 63.0 Å². The summed E-state index contributed by atoms with van der Waals surface area (Å²) < 4.78 is 0. The Labute approximate surface area is 150 Å². The van der Waals surface area contributed by atoms with Gasteiger partial charge in [0.25, 0.3) is 0 Å². The van der Waals surface area contributed by atoms with Crippen LogP contribution in [0.1, 0.15) is 37.7 Å². The minimum atomic E-state index is 0.190. The van der Waals surface area contributed by atoms with Gasteiger partial charge in [0.05, 0.1) is 6.54 Å². The molecule has 1 atom stereocenters. The molecule has 1 unspecified atom stereocenters. The first-order chi connectivity index (χ1) is 11.7. The van der Waals surface area contributed by atoms with Crippen molar-refractivity contribution in [3.63, 3.8) is 0 Å².